The fraction of sp³-hybridized carbons (Fsp3) is 0.667. The first-order valence-corrected chi connectivity index (χ1v) is 8.61. The standard InChI is InChI=1S/C18H28N2O3/c1-15(7-5-11-19-9-3-4-10-19)17(21)23-18(22)16(2)8-6-12-20-13-14-20/h7-8H,3-6,9-14H2,1-2H3. The van der Waals surface area contributed by atoms with Crippen molar-refractivity contribution in [2.45, 2.75) is 39.5 Å². The lowest BCUT2D eigenvalue weighted by Crippen LogP contribution is -2.20. The summed E-state index contributed by atoms with van der Waals surface area (Å²) >= 11 is 0. The highest BCUT2D eigenvalue weighted by atomic mass is 16.6. The van der Waals surface area contributed by atoms with Crippen LogP contribution < -0.4 is 0 Å². The molecule has 0 spiro atoms. The average molecular weight is 320 g/mol. The van der Waals surface area contributed by atoms with Gasteiger partial charge in [0.25, 0.3) is 0 Å². The van der Waals surface area contributed by atoms with Gasteiger partial charge in [-0.2, -0.15) is 0 Å². The average Bonchev–Trinajstić information content (AvgIpc) is 3.20. The lowest BCUT2D eigenvalue weighted by atomic mass is 10.2. The van der Waals surface area contributed by atoms with E-state index in [1.807, 2.05) is 12.2 Å². The molecule has 0 saturated carbocycles. The summed E-state index contributed by atoms with van der Waals surface area (Å²) < 4.78 is 4.93. The smallest absolute Gasteiger partial charge is 0.341 e. The highest BCUT2D eigenvalue weighted by Crippen LogP contribution is 2.10. The van der Waals surface area contributed by atoms with Crippen molar-refractivity contribution >= 4 is 11.9 Å². The van der Waals surface area contributed by atoms with Crippen LogP contribution in [0.1, 0.15) is 39.5 Å². The zero-order valence-electron chi connectivity index (χ0n) is 14.3. The van der Waals surface area contributed by atoms with Crippen LogP contribution in [-0.4, -0.2) is 61.0 Å². The van der Waals surface area contributed by atoms with Crippen molar-refractivity contribution in [2.75, 3.05) is 39.3 Å². The van der Waals surface area contributed by atoms with Crippen molar-refractivity contribution < 1.29 is 14.3 Å². The molecule has 0 amide bonds. The number of ether oxygens (including phenoxy) is 1. The molecule has 0 unspecified atom stereocenters. The first-order chi connectivity index (χ1) is 11.1. The molecule has 23 heavy (non-hydrogen) atoms. The number of carbonyl (C=O) groups excluding carboxylic acids is 2. The second-order valence-electron chi connectivity index (χ2n) is 6.42. The number of esters is 2. The number of likely N-dealkylation sites (tertiary alicyclic amines) is 1. The molecule has 2 rings (SSSR count). The molecule has 2 aliphatic rings. The predicted molar refractivity (Wildman–Crippen MR) is 90.0 cm³/mol. The minimum atomic E-state index is -0.534. The molecule has 2 saturated heterocycles. The van der Waals surface area contributed by atoms with Crippen LogP contribution in [-0.2, 0) is 14.3 Å². The number of hydrogen-bond donors (Lipinski definition) is 0. The van der Waals surface area contributed by atoms with Gasteiger partial charge in [0.1, 0.15) is 0 Å². The van der Waals surface area contributed by atoms with E-state index in [2.05, 4.69) is 9.80 Å². The van der Waals surface area contributed by atoms with E-state index in [1.54, 1.807) is 13.8 Å². The van der Waals surface area contributed by atoms with E-state index >= 15 is 0 Å². The molecular weight excluding hydrogens is 292 g/mol. The maximum atomic E-state index is 11.9. The number of nitrogens with zero attached hydrogens (tertiary/aromatic N) is 2. The molecule has 0 bridgehead atoms. The maximum absolute atomic E-state index is 11.9. The molecule has 0 aromatic carbocycles. The highest BCUT2D eigenvalue weighted by Gasteiger charge is 2.17. The summed E-state index contributed by atoms with van der Waals surface area (Å²) in [5, 5.41) is 0. The zero-order valence-corrected chi connectivity index (χ0v) is 14.3. The Bertz CT molecular complexity index is 486. The summed E-state index contributed by atoms with van der Waals surface area (Å²) in [6, 6.07) is 0. The summed E-state index contributed by atoms with van der Waals surface area (Å²) in [6.45, 7) is 9.94. The molecule has 5 heteroatoms. The van der Waals surface area contributed by atoms with Crippen LogP contribution >= 0.6 is 0 Å². The summed E-state index contributed by atoms with van der Waals surface area (Å²) in [5.41, 5.74) is 1.01. The first kappa shape index (κ1) is 17.9. The van der Waals surface area contributed by atoms with Gasteiger partial charge in [-0.15, -0.1) is 0 Å². The van der Waals surface area contributed by atoms with Gasteiger partial charge in [-0.1, -0.05) is 12.2 Å². The van der Waals surface area contributed by atoms with Crippen molar-refractivity contribution in [3.05, 3.63) is 23.3 Å². The summed E-state index contributed by atoms with van der Waals surface area (Å²) in [6.07, 6.45) is 7.89. The number of carbonyl (C=O) groups is 2. The largest absolute Gasteiger partial charge is 0.386 e. The Morgan fingerprint density at radius 2 is 1.26 bits per heavy atom. The maximum Gasteiger partial charge on any atom is 0.341 e. The van der Waals surface area contributed by atoms with Gasteiger partial charge < -0.3 is 14.5 Å². The van der Waals surface area contributed by atoms with E-state index < -0.39 is 11.9 Å². The van der Waals surface area contributed by atoms with Crippen molar-refractivity contribution in [1.82, 2.24) is 9.80 Å². The molecule has 0 aromatic heterocycles. The Labute approximate surface area is 139 Å². The number of hydrogen-bond acceptors (Lipinski definition) is 5. The van der Waals surface area contributed by atoms with Gasteiger partial charge >= 0.3 is 11.9 Å². The van der Waals surface area contributed by atoms with Gasteiger partial charge in [-0.25, -0.2) is 9.59 Å². The minimum Gasteiger partial charge on any atom is -0.386 e. The van der Waals surface area contributed by atoms with Crippen LogP contribution in [0.5, 0.6) is 0 Å². The second kappa shape index (κ2) is 8.99. The molecule has 2 fully saturated rings. The quantitative estimate of drug-likeness (QED) is 0.297. The molecule has 5 nitrogen and oxygen atoms in total. The van der Waals surface area contributed by atoms with Crippen LogP contribution in [0.15, 0.2) is 23.3 Å². The van der Waals surface area contributed by atoms with E-state index in [0.29, 0.717) is 11.1 Å². The van der Waals surface area contributed by atoms with Crippen LogP contribution in [0.2, 0.25) is 0 Å². The molecule has 0 radical (unpaired) electrons. The molecule has 2 aliphatic heterocycles. The second-order valence-corrected chi connectivity index (χ2v) is 6.42. The molecule has 0 aromatic rings. The van der Waals surface area contributed by atoms with Crippen LogP contribution in [0.4, 0.5) is 0 Å². The third kappa shape index (κ3) is 6.67. The summed E-state index contributed by atoms with van der Waals surface area (Å²) in [4.78, 5) is 28.5. The Kier molecular flexibility index (Phi) is 6.99. The third-order valence-electron chi connectivity index (χ3n) is 4.36. The Morgan fingerprint density at radius 3 is 1.70 bits per heavy atom. The van der Waals surface area contributed by atoms with Gasteiger partial charge in [0, 0.05) is 37.3 Å². The van der Waals surface area contributed by atoms with Crippen LogP contribution in [0, 0.1) is 0 Å². The molecular formula is C18H28N2O3. The summed E-state index contributed by atoms with van der Waals surface area (Å²) in [5.74, 6) is -1.07. The minimum absolute atomic E-state index is 0.505. The number of rotatable bonds is 8. The van der Waals surface area contributed by atoms with Gasteiger partial charge in [0.2, 0.25) is 0 Å². The van der Waals surface area contributed by atoms with E-state index in [4.69, 9.17) is 4.74 Å². The topological polar surface area (TPSA) is 49.6 Å². The van der Waals surface area contributed by atoms with Crippen LogP contribution in [0.25, 0.3) is 0 Å². The van der Waals surface area contributed by atoms with E-state index in [9.17, 15) is 9.59 Å². The molecule has 0 aliphatic carbocycles. The SMILES string of the molecule is CC(=CCCN1CCCC1)C(=O)OC(=O)C(C)=CCCN1CC1. The Balaban J connectivity index is 1.68. The van der Waals surface area contributed by atoms with E-state index in [-0.39, 0.29) is 0 Å². The van der Waals surface area contributed by atoms with Crippen molar-refractivity contribution in [3.63, 3.8) is 0 Å². The summed E-state index contributed by atoms with van der Waals surface area (Å²) in [7, 11) is 0. The van der Waals surface area contributed by atoms with E-state index in [0.717, 1.165) is 52.1 Å². The van der Waals surface area contributed by atoms with Crippen molar-refractivity contribution in [1.29, 1.82) is 0 Å². The predicted octanol–water partition coefficient (Wildman–Crippen LogP) is 2.14. The lowest BCUT2D eigenvalue weighted by molar-refractivity contribution is -0.153. The first-order valence-electron chi connectivity index (χ1n) is 8.61. The van der Waals surface area contributed by atoms with E-state index in [1.165, 1.54) is 12.8 Å². The zero-order chi connectivity index (χ0) is 16.7. The fourth-order valence-corrected chi connectivity index (χ4v) is 2.64. The monoisotopic (exact) mass is 320 g/mol. The van der Waals surface area contributed by atoms with Crippen molar-refractivity contribution in [3.8, 4) is 0 Å². The molecule has 2 heterocycles. The normalized spacial score (nSPS) is 19.9. The fourth-order valence-electron chi connectivity index (χ4n) is 2.64. The molecule has 0 atom stereocenters. The van der Waals surface area contributed by atoms with Crippen LogP contribution in [0.3, 0.4) is 0 Å². The lowest BCUT2D eigenvalue weighted by Gasteiger charge is -2.12. The van der Waals surface area contributed by atoms with Crippen molar-refractivity contribution in [2.24, 2.45) is 0 Å². The van der Waals surface area contributed by atoms with Gasteiger partial charge in [0.05, 0.1) is 0 Å². The Hall–Kier alpha value is -1.46. The molecule has 0 N–H and O–H groups in total. The Morgan fingerprint density at radius 1 is 0.826 bits per heavy atom. The highest BCUT2D eigenvalue weighted by molar-refractivity contribution is 6.01. The molecule has 128 valence electrons. The third-order valence-corrected chi connectivity index (χ3v) is 4.36. The van der Waals surface area contributed by atoms with Gasteiger partial charge in [0.15, 0.2) is 0 Å². The van der Waals surface area contributed by atoms with Gasteiger partial charge in [-0.3, -0.25) is 0 Å². The van der Waals surface area contributed by atoms with Gasteiger partial charge in [-0.05, 0) is 52.6 Å².